The molecule has 13 heavy (non-hydrogen) atoms. The molecule has 3 nitrogen and oxygen atoms in total. The van der Waals surface area contributed by atoms with E-state index < -0.39 is 6.55 Å². The van der Waals surface area contributed by atoms with Crippen LogP contribution in [0.3, 0.4) is 0 Å². The van der Waals surface area contributed by atoms with Crippen LogP contribution in [-0.2, 0) is 0 Å². The number of nitrogens with zero attached hydrogens (tertiary/aromatic N) is 3. The van der Waals surface area contributed by atoms with E-state index in [4.69, 9.17) is 0 Å². The largest absolute Gasteiger partial charge is 0.333 e. The second kappa shape index (κ2) is 3.02. The van der Waals surface area contributed by atoms with E-state index in [2.05, 4.69) is 26.0 Å². The molecule has 0 aliphatic heterocycles. The Kier molecular flexibility index (Phi) is 1.99. The molecule has 2 aromatic heterocycles. The van der Waals surface area contributed by atoms with Gasteiger partial charge in [0.05, 0.1) is 11.7 Å². The summed E-state index contributed by atoms with van der Waals surface area (Å²) in [6.07, 6.45) is 1.31. The first-order chi connectivity index (χ1) is 6.18. The number of hydrogen-bond donors (Lipinski definition) is 0. The van der Waals surface area contributed by atoms with Gasteiger partial charge < -0.3 is 0 Å². The van der Waals surface area contributed by atoms with Crippen molar-refractivity contribution in [1.29, 1.82) is 0 Å². The molecule has 0 aliphatic rings. The van der Waals surface area contributed by atoms with Crippen LogP contribution in [0.4, 0.5) is 8.78 Å². The molecule has 0 saturated carbocycles. The summed E-state index contributed by atoms with van der Waals surface area (Å²) in [6, 6.07) is 3.15. The van der Waals surface area contributed by atoms with Crippen molar-refractivity contribution in [2.75, 3.05) is 0 Å². The maximum atomic E-state index is 12.3. The maximum absolute atomic E-state index is 12.3. The van der Waals surface area contributed by atoms with Gasteiger partial charge in [0, 0.05) is 0 Å². The van der Waals surface area contributed by atoms with E-state index in [0.29, 0.717) is 20.3 Å². The Hall–Kier alpha value is -1.04. The second-order valence-corrected chi connectivity index (χ2v) is 3.22. The highest BCUT2D eigenvalue weighted by atomic mass is 79.9. The summed E-state index contributed by atoms with van der Waals surface area (Å²) in [5.41, 5.74) is 0.785. The molecule has 0 N–H and O–H groups in total. The summed E-state index contributed by atoms with van der Waals surface area (Å²) in [7, 11) is 0. The molecule has 0 unspecified atom stereocenters. The highest BCUT2D eigenvalue weighted by molar-refractivity contribution is 9.10. The third-order valence-corrected chi connectivity index (χ3v) is 2.05. The minimum Gasteiger partial charge on any atom is -0.238 e. The summed E-state index contributed by atoms with van der Waals surface area (Å²) in [5, 5.41) is 3.52. The van der Waals surface area contributed by atoms with Crippen molar-refractivity contribution in [2.24, 2.45) is 0 Å². The monoisotopic (exact) mass is 247 g/mol. The normalized spacial score (nSPS) is 11.4. The van der Waals surface area contributed by atoms with Crippen molar-refractivity contribution in [3.8, 4) is 0 Å². The van der Waals surface area contributed by atoms with Gasteiger partial charge in [-0.25, -0.2) is 9.67 Å². The van der Waals surface area contributed by atoms with Crippen LogP contribution in [0.25, 0.3) is 11.0 Å². The fourth-order valence-corrected chi connectivity index (χ4v) is 1.39. The molecule has 6 heteroatoms. The molecule has 2 aromatic rings. The van der Waals surface area contributed by atoms with Gasteiger partial charge in [0.15, 0.2) is 0 Å². The van der Waals surface area contributed by atoms with Gasteiger partial charge in [-0.3, -0.25) is 0 Å². The Morgan fingerprint density at radius 2 is 2.15 bits per heavy atom. The lowest BCUT2D eigenvalue weighted by atomic mass is 10.4. The topological polar surface area (TPSA) is 30.7 Å². The van der Waals surface area contributed by atoms with Crippen LogP contribution in [0.15, 0.2) is 22.9 Å². The molecule has 0 aliphatic carbocycles. The number of fused-ring (bicyclic) bond motifs is 1. The van der Waals surface area contributed by atoms with Gasteiger partial charge in [-0.05, 0) is 28.1 Å². The fraction of sp³-hybridized carbons (Fsp3) is 0.143. The Bertz CT molecular complexity index is 440. The van der Waals surface area contributed by atoms with Gasteiger partial charge in [0.2, 0.25) is 0 Å². The maximum Gasteiger partial charge on any atom is 0.333 e. The molecule has 0 saturated heterocycles. The summed E-state index contributed by atoms with van der Waals surface area (Å²) < 4.78 is 25.8. The Morgan fingerprint density at radius 1 is 1.38 bits per heavy atom. The predicted octanol–water partition coefficient (Wildman–Crippen LogP) is 2.59. The summed E-state index contributed by atoms with van der Waals surface area (Å²) >= 11 is 3.14. The first kappa shape index (κ1) is 8.55. The minimum absolute atomic E-state index is 0.332. The predicted molar refractivity (Wildman–Crippen MR) is 46.5 cm³/mol. The van der Waals surface area contributed by atoms with Gasteiger partial charge in [0.25, 0.3) is 0 Å². The van der Waals surface area contributed by atoms with Crippen LogP contribution in [0, 0.1) is 0 Å². The molecular formula is C7H4BrF2N3. The molecule has 0 fully saturated rings. The zero-order chi connectivity index (χ0) is 9.42. The van der Waals surface area contributed by atoms with Gasteiger partial charge in [-0.1, -0.05) is 0 Å². The number of alkyl halides is 2. The van der Waals surface area contributed by atoms with Crippen LogP contribution < -0.4 is 0 Å². The molecule has 0 bridgehead atoms. The SMILES string of the molecule is FC(F)n1ncc2nc(Br)ccc21. The lowest BCUT2D eigenvalue weighted by molar-refractivity contribution is 0.0615. The third kappa shape index (κ3) is 1.41. The van der Waals surface area contributed by atoms with Crippen LogP contribution >= 0.6 is 15.9 Å². The van der Waals surface area contributed by atoms with E-state index >= 15 is 0 Å². The Morgan fingerprint density at radius 3 is 2.85 bits per heavy atom. The molecule has 0 aromatic carbocycles. The molecule has 2 rings (SSSR count). The van der Waals surface area contributed by atoms with Crippen molar-refractivity contribution < 1.29 is 8.78 Å². The number of hydrogen-bond acceptors (Lipinski definition) is 2. The molecular weight excluding hydrogens is 244 g/mol. The molecule has 68 valence electrons. The number of aromatic nitrogens is 3. The lowest BCUT2D eigenvalue weighted by Crippen LogP contribution is -1.99. The van der Waals surface area contributed by atoms with Crippen molar-refractivity contribution in [1.82, 2.24) is 14.8 Å². The smallest absolute Gasteiger partial charge is 0.238 e. The van der Waals surface area contributed by atoms with E-state index in [1.807, 2.05) is 0 Å². The van der Waals surface area contributed by atoms with Gasteiger partial charge in [-0.15, -0.1) is 0 Å². The fourth-order valence-electron chi connectivity index (χ4n) is 1.07. The summed E-state index contributed by atoms with van der Waals surface area (Å²) in [6.45, 7) is -2.62. The average Bonchev–Trinajstić information content (AvgIpc) is 2.46. The van der Waals surface area contributed by atoms with Crippen LogP contribution in [-0.4, -0.2) is 14.8 Å². The van der Waals surface area contributed by atoms with Crippen molar-refractivity contribution in [2.45, 2.75) is 6.55 Å². The standard InChI is InChI=1S/C7H4BrF2N3/c8-6-2-1-5-4(12-6)3-11-13(5)7(9)10/h1-3,7H. The minimum atomic E-state index is -2.62. The summed E-state index contributed by atoms with van der Waals surface area (Å²) in [4.78, 5) is 3.98. The second-order valence-electron chi connectivity index (χ2n) is 2.41. The van der Waals surface area contributed by atoms with E-state index in [-0.39, 0.29) is 0 Å². The first-order valence-electron chi connectivity index (χ1n) is 3.46. The van der Waals surface area contributed by atoms with Crippen LogP contribution in [0.5, 0.6) is 0 Å². The van der Waals surface area contributed by atoms with E-state index in [0.717, 1.165) is 0 Å². The Balaban J connectivity index is 2.69. The van der Waals surface area contributed by atoms with E-state index in [9.17, 15) is 8.78 Å². The molecule has 0 amide bonds. The van der Waals surface area contributed by atoms with E-state index in [1.165, 1.54) is 6.20 Å². The third-order valence-electron chi connectivity index (χ3n) is 1.60. The molecule has 0 atom stereocenters. The van der Waals surface area contributed by atoms with Gasteiger partial charge in [-0.2, -0.15) is 13.9 Å². The molecule has 0 spiro atoms. The van der Waals surface area contributed by atoms with Crippen molar-refractivity contribution in [3.63, 3.8) is 0 Å². The van der Waals surface area contributed by atoms with Crippen LogP contribution in [0.1, 0.15) is 6.55 Å². The Labute approximate surface area is 80.5 Å². The van der Waals surface area contributed by atoms with E-state index in [1.54, 1.807) is 12.1 Å². The van der Waals surface area contributed by atoms with Gasteiger partial charge in [0.1, 0.15) is 10.1 Å². The molecule has 2 heterocycles. The van der Waals surface area contributed by atoms with Crippen LogP contribution in [0.2, 0.25) is 0 Å². The average molecular weight is 248 g/mol. The van der Waals surface area contributed by atoms with Crippen molar-refractivity contribution >= 4 is 27.0 Å². The number of halogens is 3. The highest BCUT2D eigenvalue weighted by Gasteiger charge is 2.11. The number of pyridine rings is 1. The zero-order valence-electron chi connectivity index (χ0n) is 6.28. The van der Waals surface area contributed by atoms with Crippen molar-refractivity contribution in [3.05, 3.63) is 22.9 Å². The lowest BCUT2D eigenvalue weighted by Gasteiger charge is -1.99. The van der Waals surface area contributed by atoms with Gasteiger partial charge >= 0.3 is 6.55 Å². The highest BCUT2D eigenvalue weighted by Crippen LogP contribution is 2.19. The number of rotatable bonds is 1. The first-order valence-corrected chi connectivity index (χ1v) is 4.25. The quantitative estimate of drug-likeness (QED) is 0.726. The zero-order valence-corrected chi connectivity index (χ0v) is 7.87. The molecule has 0 radical (unpaired) electrons. The summed E-state index contributed by atoms with van der Waals surface area (Å²) in [5.74, 6) is 0.